The Morgan fingerprint density at radius 1 is 1.09 bits per heavy atom. The summed E-state index contributed by atoms with van der Waals surface area (Å²) < 4.78 is 10.1. The van der Waals surface area contributed by atoms with E-state index in [0.29, 0.717) is 17.0 Å². The van der Waals surface area contributed by atoms with E-state index in [0.717, 1.165) is 5.56 Å². The quantitative estimate of drug-likeness (QED) is 0.862. The number of benzene rings is 2. The lowest BCUT2D eigenvalue weighted by Crippen LogP contribution is -2.20. The summed E-state index contributed by atoms with van der Waals surface area (Å²) in [6.07, 6.45) is 0. The van der Waals surface area contributed by atoms with Crippen molar-refractivity contribution >= 4 is 17.6 Å². The van der Waals surface area contributed by atoms with Crippen molar-refractivity contribution in [2.45, 2.75) is 6.92 Å². The number of methoxy groups -OCH3 is 1. The lowest BCUT2D eigenvalue weighted by Gasteiger charge is -2.09. The first-order chi connectivity index (χ1) is 10.6. The predicted molar refractivity (Wildman–Crippen MR) is 83.1 cm³/mol. The summed E-state index contributed by atoms with van der Waals surface area (Å²) >= 11 is 0. The minimum absolute atomic E-state index is 0.105. The molecule has 114 valence electrons. The molecule has 5 heteroatoms. The molecule has 0 heterocycles. The lowest BCUT2D eigenvalue weighted by molar-refractivity contribution is -0.118. The number of carbonyl (C=O) groups is 2. The molecular formula is C17H17NO4. The van der Waals surface area contributed by atoms with Crippen LogP contribution in [0.5, 0.6) is 5.75 Å². The van der Waals surface area contributed by atoms with Crippen LogP contribution < -0.4 is 10.1 Å². The van der Waals surface area contributed by atoms with E-state index in [-0.39, 0.29) is 12.5 Å². The normalized spacial score (nSPS) is 9.91. The SMILES string of the molecule is COC(=O)c1cccc(NC(=O)COc2cccc(C)c2)c1. The average Bonchev–Trinajstić information content (AvgIpc) is 2.52. The Bertz CT molecular complexity index is 682. The Morgan fingerprint density at radius 3 is 2.59 bits per heavy atom. The standard InChI is InChI=1S/C17H17NO4/c1-12-5-3-8-15(9-12)22-11-16(19)18-14-7-4-6-13(10-14)17(20)21-2/h3-10H,11H2,1-2H3,(H,18,19). The van der Waals surface area contributed by atoms with Gasteiger partial charge in [-0.3, -0.25) is 4.79 Å². The molecule has 22 heavy (non-hydrogen) atoms. The van der Waals surface area contributed by atoms with Crippen LogP contribution in [-0.4, -0.2) is 25.6 Å². The van der Waals surface area contributed by atoms with Crippen LogP contribution in [0.1, 0.15) is 15.9 Å². The third kappa shape index (κ3) is 4.34. The first kappa shape index (κ1) is 15.6. The van der Waals surface area contributed by atoms with Crippen LogP contribution in [0.2, 0.25) is 0 Å². The zero-order chi connectivity index (χ0) is 15.9. The van der Waals surface area contributed by atoms with E-state index in [1.165, 1.54) is 7.11 Å². The monoisotopic (exact) mass is 299 g/mol. The van der Waals surface area contributed by atoms with Crippen molar-refractivity contribution in [2.24, 2.45) is 0 Å². The van der Waals surface area contributed by atoms with Gasteiger partial charge in [0.25, 0.3) is 5.91 Å². The van der Waals surface area contributed by atoms with Gasteiger partial charge >= 0.3 is 5.97 Å². The number of amides is 1. The first-order valence-corrected chi connectivity index (χ1v) is 6.76. The highest BCUT2D eigenvalue weighted by Gasteiger charge is 2.08. The smallest absolute Gasteiger partial charge is 0.337 e. The van der Waals surface area contributed by atoms with E-state index in [4.69, 9.17) is 4.74 Å². The molecule has 0 radical (unpaired) electrons. The van der Waals surface area contributed by atoms with Crippen LogP contribution >= 0.6 is 0 Å². The van der Waals surface area contributed by atoms with Crippen molar-refractivity contribution in [1.29, 1.82) is 0 Å². The second-order valence-corrected chi connectivity index (χ2v) is 4.73. The summed E-state index contributed by atoms with van der Waals surface area (Å²) in [5.41, 5.74) is 1.95. The summed E-state index contributed by atoms with van der Waals surface area (Å²) in [5, 5.41) is 2.67. The van der Waals surface area contributed by atoms with E-state index < -0.39 is 5.97 Å². The molecule has 0 atom stereocenters. The maximum atomic E-state index is 11.9. The second-order valence-electron chi connectivity index (χ2n) is 4.73. The maximum Gasteiger partial charge on any atom is 0.337 e. The second kappa shape index (κ2) is 7.26. The molecule has 0 unspecified atom stereocenters. The molecule has 0 saturated carbocycles. The van der Waals surface area contributed by atoms with Crippen molar-refractivity contribution in [1.82, 2.24) is 0 Å². The Kier molecular flexibility index (Phi) is 5.14. The zero-order valence-electron chi connectivity index (χ0n) is 12.5. The van der Waals surface area contributed by atoms with Crippen LogP contribution in [0.25, 0.3) is 0 Å². The molecule has 0 aliphatic carbocycles. The largest absolute Gasteiger partial charge is 0.484 e. The number of nitrogens with one attached hydrogen (secondary N) is 1. The van der Waals surface area contributed by atoms with Gasteiger partial charge in [0.2, 0.25) is 0 Å². The number of aryl methyl sites for hydroxylation is 1. The molecule has 0 saturated heterocycles. The third-order valence-corrected chi connectivity index (χ3v) is 2.93. The molecule has 0 bridgehead atoms. The molecule has 1 N–H and O–H groups in total. The molecule has 0 spiro atoms. The van der Waals surface area contributed by atoms with E-state index in [1.54, 1.807) is 30.3 Å². The van der Waals surface area contributed by atoms with E-state index in [9.17, 15) is 9.59 Å². The van der Waals surface area contributed by atoms with E-state index in [1.807, 2.05) is 25.1 Å². The average molecular weight is 299 g/mol. The number of carbonyl (C=O) groups excluding carboxylic acids is 2. The highest BCUT2D eigenvalue weighted by Crippen LogP contribution is 2.14. The number of anilines is 1. The number of esters is 1. The number of hydrogen-bond acceptors (Lipinski definition) is 4. The number of hydrogen-bond donors (Lipinski definition) is 1. The van der Waals surface area contributed by atoms with Crippen LogP contribution in [0.15, 0.2) is 48.5 Å². The number of rotatable bonds is 5. The Hall–Kier alpha value is -2.82. The summed E-state index contributed by atoms with van der Waals surface area (Å²) in [7, 11) is 1.31. The van der Waals surface area contributed by atoms with E-state index >= 15 is 0 Å². The van der Waals surface area contributed by atoms with Crippen LogP contribution in [0, 0.1) is 6.92 Å². The van der Waals surface area contributed by atoms with Gasteiger partial charge in [-0.1, -0.05) is 18.2 Å². The summed E-state index contributed by atoms with van der Waals surface area (Å²) in [4.78, 5) is 23.3. The van der Waals surface area contributed by atoms with Crippen LogP contribution in [-0.2, 0) is 9.53 Å². The summed E-state index contributed by atoms with van der Waals surface area (Å²) in [6.45, 7) is 1.84. The minimum Gasteiger partial charge on any atom is -0.484 e. The van der Waals surface area contributed by atoms with Crippen LogP contribution in [0.3, 0.4) is 0 Å². The molecule has 0 aromatic heterocycles. The summed E-state index contributed by atoms with van der Waals surface area (Å²) in [5.74, 6) is -0.117. The molecule has 0 aliphatic rings. The maximum absolute atomic E-state index is 11.9. The van der Waals surface area contributed by atoms with Crippen LogP contribution in [0.4, 0.5) is 5.69 Å². The molecule has 2 aromatic carbocycles. The van der Waals surface area contributed by atoms with E-state index in [2.05, 4.69) is 10.1 Å². The van der Waals surface area contributed by atoms with Crippen molar-refractivity contribution in [3.05, 3.63) is 59.7 Å². The molecule has 2 rings (SSSR count). The van der Waals surface area contributed by atoms with Crippen molar-refractivity contribution < 1.29 is 19.1 Å². The fourth-order valence-electron chi connectivity index (χ4n) is 1.89. The highest BCUT2D eigenvalue weighted by atomic mass is 16.5. The molecule has 0 fully saturated rings. The van der Waals surface area contributed by atoms with Gasteiger partial charge in [0, 0.05) is 5.69 Å². The minimum atomic E-state index is -0.452. The Morgan fingerprint density at radius 2 is 1.86 bits per heavy atom. The van der Waals surface area contributed by atoms with Crippen molar-refractivity contribution in [3.8, 4) is 5.75 Å². The van der Waals surface area contributed by atoms with Gasteiger partial charge in [0.1, 0.15) is 5.75 Å². The van der Waals surface area contributed by atoms with Crippen molar-refractivity contribution in [3.63, 3.8) is 0 Å². The molecule has 0 aliphatic heterocycles. The molecular weight excluding hydrogens is 282 g/mol. The molecule has 1 amide bonds. The third-order valence-electron chi connectivity index (χ3n) is 2.93. The Balaban J connectivity index is 1.93. The molecule has 5 nitrogen and oxygen atoms in total. The Labute approximate surface area is 128 Å². The molecule has 2 aromatic rings. The fraction of sp³-hybridized carbons (Fsp3) is 0.176. The van der Waals surface area contributed by atoms with Gasteiger partial charge in [-0.2, -0.15) is 0 Å². The topological polar surface area (TPSA) is 64.6 Å². The number of ether oxygens (including phenoxy) is 2. The van der Waals surface area contributed by atoms with Crippen molar-refractivity contribution in [2.75, 3.05) is 19.0 Å². The zero-order valence-corrected chi connectivity index (χ0v) is 12.5. The van der Waals surface area contributed by atoms with Gasteiger partial charge < -0.3 is 14.8 Å². The van der Waals surface area contributed by atoms with Gasteiger partial charge in [0.05, 0.1) is 12.7 Å². The van der Waals surface area contributed by atoms with Gasteiger partial charge in [-0.25, -0.2) is 4.79 Å². The van der Waals surface area contributed by atoms with Gasteiger partial charge in [-0.15, -0.1) is 0 Å². The summed E-state index contributed by atoms with van der Waals surface area (Å²) in [6, 6.07) is 14.0. The fourth-order valence-corrected chi connectivity index (χ4v) is 1.89. The first-order valence-electron chi connectivity index (χ1n) is 6.76. The lowest BCUT2D eigenvalue weighted by atomic mass is 10.2. The van der Waals surface area contributed by atoms with Gasteiger partial charge in [-0.05, 0) is 42.8 Å². The highest BCUT2D eigenvalue weighted by molar-refractivity contribution is 5.95. The van der Waals surface area contributed by atoms with Gasteiger partial charge in [0.15, 0.2) is 6.61 Å². The predicted octanol–water partition coefficient (Wildman–Crippen LogP) is 2.80.